The molecule has 2 rings (SSSR count). The summed E-state index contributed by atoms with van der Waals surface area (Å²) in [7, 11) is 0. The van der Waals surface area contributed by atoms with Crippen LogP contribution in [0.4, 0.5) is 30.2 Å². The van der Waals surface area contributed by atoms with Gasteiger partial charge in [-0.25, -0.2) is 0 Å². The lowest BCUT2D eigenvalue weighted by atomic mass is 10.1. The molecule has 0 amide bonds. The van der Waals surface area contributed by atoms with Gasteiger partial charge in [-0.1, -0.05) is 18.2 Å². The third-order valence-electron chi connectivity index (χ3n) is 2.80. The Morgan fingerprint density at radius 2 is 1.78 bits per heavy atom. The minimum Gasteiger partial charge on any atom is -0.332 e. The number of para-hydroxylation sites is 1. The fraction of sp³-hybridized carbons (Fsp3) is 0.0714. The van der Waals surface area contributed by atoms with Gasteiger partial charge in [-0.15, -0.1) is 0 Å². The summed E-state index contributed by atoms with van der Waals surface area (Å²) < 4.78 is 38.7. The summed E-state index contributed by atoms with van der Waals surface area (Å²) in [6.45, 7) is 0. The van der Waals surface area contributed by atoms with E-state index in [-0.39, 0.29) is 16.5 Å². The van der Waals surface area contributed by atoms with Gasteiger partial charge in [0.05, 0.1) is 16.2 Å². The highest BCUT2D eigenvalue weighted by molar-refractivity contribution is 7.80. The van der Waals surface area contributed by atoms with Gasteiger partial charge in [-0.05, 0) is 30.4 Å². The molecule has 5 nitrogen and oxygen atoms in total. The SMILES string of the molecule is O=[N+]([O-])c1cccc(NC(=S)Nc2ccccc2C(F)(F)F)c1. The largest absolute Gasteiger partial charge is 0.418 e. The molecule has 0 aliphatic carbocycles. The number of alkyl halides is 3. The number of hydrogen-bond donors (Lipinski definition) is 2. The standard InChI is InChI=1S/C14H10F3N3O2S/c15-14(16,17)11-6-1-2-7-12(11)19-13(23)18-9-4-3-5-10(8-9)20(21)22/h1-8H,(H2,18,19,23). The van der Waals surface area contributed by atoms with Crippen molar-refractivity contribution in [2.45, 2.75) is 6.18 Å². The molecule has 2 N–H and O–H groups in total. The number of nitrogens with zero attached hydrogens (tertiary/aromatic N) is 1. The summed E-state index contributed by atoms with van der Waals surface area (Å²) in [6, 6.07) is 10.3. The molecule has 9 heteroatoms. The minimum atomic E-state index is -4.52. The first-order chi connectivity index (χ1) is 10.8. The van der Waals surface area contributed by atoms with Gasteiger partial charge < -0.3 is 10.6 Å². The number of benzene rings is 2. The quantitative estimate of drug-likeness (QED) is 0.491. The van der Waals surface area contributed by atoms with Gasteiger partial charge in [0.25, 0.3) is 5.69 Å². The van der Waals surface area contributed by atoms with Gasteiger partial charge in [0.1, 0.15) is 0 Å². The molecule has 0 radical (unpaired) electrons. The molecular formula is C14H10F3N3O2S. The van der Waals surface area contributed by atoms with E-state index < -0.39 is 16.7 Å². The first-order valence-electron chi connectivity index (χ1n) is 6.26. The summed E-state index contributed by atoms with van der Waals surface area (Å²) >= 11 is 4.95. The molecule has 2 aromatic carbocycles. The lowest BCUT2D eigenvalue weighted by molar-refractivity contribution is -0.384. The lowest BCUT2D eigenvalue weighted by Gasteiger charge is -2.15. The Kier molecular flexibility index (Phi) is 4.80. The molecular weight excluding hydrogens is 331 g/mol. The van der Waals surface area contributed by atoms with E-state index in [4.69, 9.17) is 12.2 Å². The first kappa shape index (κ1) is 16.7. The van der Waals surface area contributed by atoms with Gasteiger partial charge in [0, 0.05) is 17.8 Å². The highest BCUT2D eigenvalue weighted by Crippen LogP contribution is 2.34. The predicted molar refractivity (Wildman–Crippen MR) is 84.4 cm³/mol. The zero-order valence-electron chi connectivity index (χ0n) is 11.4. The van der Waals surface area contributed by atoms with Crippen molar-refractivity contribution in [1.29, 1.82) is 0 Å². The molecule has 120 valence electrons. The second kappa shape index (κ2) is 6.61. The zero-order chi connectivity index (χ0) is 17.0. The van der Waals surface area contributed by atoms with Gasteiger partial charge in [0.2, 0.25) is 0 Å². The number of nitro benzene ring substituents is 1. The van der Waals surface area contributed by atoms with Crippen molar-refractivity contribution in [2.75, 3.05) is 10.6 Å². The molecule has 0 unspecified atom stereocenters. The zero-order valence-corrected chi connectivity index (χ0v) is 12.2. The van der Waals surface area contributed by atoms with Crippen LogP contribution < -0.4 is 10.6 Å². The molecule has 0 fully saturated rings. The van der Waals surface area contributed by atoms with Crippen LogP contribution in [0.15, 0.2) is 48.5 Å². The van der Waals surface area contributed by atoms with Gasteiger partial charge >= 0.3 is 6.18 Å². The average molecular weight is 341 g/mol. The fourth-order valence-corrected chi connectivity index (χ4v) is 2.05. The number of nitrogens with one attached hydrogen (secondary N) is 2. The van der Waals surface area contributed by atoms with E-state index in [1.165, 1.54) is 42.5 Å². The van der Waals surface area contributed by atoms with Crippen LogP contribution in [0.5, 0.6) is 0 Å². The normalized spacial score (nSPS) is 10.9. The van der Waals surface area contributed by atoms with Crippen molar-refractivity contribution in [3.05, 3.63) is 64.2 Å². The van der Waals surface area contributed by atoms with Crippen LogP contribution in [-0.2, 0) is 6.18 Å². The topological polar surface area (TPSA) is 67.2 Å². The van der Waals surface area contributed by atoms with Crippen molar-refractivity contribution in [3.8, 4) is 0 Å². The van der Waals surface area contributed by atoms with E-state index in [1.54, 1.807) is 0 Å². The van der Waals surface area contributed by atoms with Crippen molar-refractivity contribution in [3.63, 3.8) is 0 Å². The Labute approximate surface area is 134 Å². The maximum absolute atomic E-state index is 12.9. The van der Waals surface area contributed by atoms with Crippen LogP contribution in [0.1, 0.15) is 5.56 Å². The highest BCUT2D eigenvalue weighted by atomic mass is 32.1. The second-order valence-electron chi connectivity index (χ2n) is 4.43. The van der Waals surface area contributed by atoms with E-state index >= 15 is 0 Å². The van der Waals surface area contributed by atoms with Crippen molar-refractivity contribution in [2.24, 2.45) is 0 Å². The van der Waals surface area contributed by atoms with E-state index in [0.29, 0.717) is 5.69 Å². The summed E-state index contributed by atoms with van der Waals surface area (Å²) in [4.78, 5) is 10.1. The third-order valence-corrected chi connectivity index (χ3v) is 3.00. The van der Waals surface area contributed by atoms with Crippen molar-refractivity contribution in [1.82, 2.24) is 0 Å². The fourth-order valence-electron chi connectivity index (χ4n) is 1.82. The molecule has 2 aromatic rings. The number of halogens is 3. The van der Waals surface area contributed by atoms with Crippen LogP contribution in [-0.4, -0.2) is 10.0 Å². The van der Waals surface area contributed by atoms with E-state index in [9.17, 15) is 23.3 Å². The Balaban J connectivity index is 2.15. The number of hydrogen-bond acceptors (Lipinski definition) is 3. The van der Waals surface area contributed by atoms with Gasteiger partial charge in [-0.3, -0.25) is 10.1 Å². The Hall–Kier alpha value is -2.68. The van der Waals surface area contributed by atoms with E-state index in [1.807, 2.05) is 0 Å². The Morgan fingerprint density at radius 1 is 1.09 bits per heavy atom. The van der Waals surface area contributed by atoms with Crippen LogP contribution in [0.25, 0.3) is 0 Å². The molecule has 0 saturated heterocycles. The van der Waals surface area contributed by atoms with Crippen LogP contribution in [0, 0.1) is 10.1 Å². The monoisotopic (exact) mass is 341 g/mol. The molecule has 0 heterocycles. The maximum Gasteiger partial charge on any atom is 0.418 e. The maximum atomic E-state index is 12.9. The Morgan fingerprint density at radius 3 is 2.43 bits per heavy atom. The second-order valence-corrected chi connectivity index (χ2v) is 4.84. The highest BCUT2D eigenvalue weighted by Gasteiger charge is 2.33. The number of nitro groups is 1. The van der Waals surface area contributed by atoms with Gasteiger partial charge in [0.15, 0.2) is 5.11 Å². The molecule has 0 bridgehead atoms. The minimum absolute atomic E-state index is 0.109. The van der Waals surface area contributed by atoms with Gasteiger partial charge in [-0.2, -0.15) is 13.2 Å². The average Bonchev–Trinajstić information content (AvgIpc) is 2.46. The summed E-state index contributed by atoms with van der Waals surface area (Å²) in [6.07, 6.45) is -4.52. The predicted octanol–water partition coefficient (Wildman–Crippen LogP) is 4.42. The van der Waals surface area contributed by atoms with Crippen LogP contribution in [0.2, 0.25) is 0 Å². The molecule has 0 spiro atoms. The van der Waals surface area contributed by atoms with Crippen molar-refractivity contribution < 1.29 is 18.1 Å². The molecule has 0 atom stereocenters. The van der Waals surface area contributed by atoms with Crippen LogP contribution >= 0.6 is 12.2 Å². The smallest absolute Gasteiger partial charge is 0.332 e. The third kappa shape index (κ3) is 4.39. The number of thiocarbonyl (C=S) groups is 1. The molecule has 23 heavy (non-hydrogen) atoms. The molecule has 0 aliphatic heterocycles. The van der Waals surface area contributed by atoms with Crippen molar-refractivity contribution >= 4 is 34.4 Å². The first-order valence-corrected chi connectivity index (χ1v) is 6.67. The van der Waals surface area contributed by atoms with E-state index in [0.717, 1.165) is 6.07 Å². The number of non-ortho nitro benzene ring substituents is 1. The number of rotatable bonds is 3. The summed E-state index contributed by atoms with van der Waals surface area (Å²) in [5, 5.41) is 15.6. The summed E-state index contributed by atoms with van der Waals surface area (Å²) in [5.74, 6) is 0. The molecule has 0 saturated carbocycles. The number of anilines is 2. The molecule has 0 aromatic heterocycles. The molecule has 0 aliphatic rings. The Bertz CT molecular complexity index is 750. The van der Waals surface area contributed by atoms with Crippen LogP contribution in [0.3, 0.4) is 0 Å². The summed E-state index contributed by atoms with van der Waals surface area (Å²) in [5.41, 5.74) is -0.930. The van der Waals surface area contributed by atoms with E-state index in [2.05, 4.69) is 10.6 Å². The lowest BCUT2D eigenvalue weighted by Crippen LogP contribution is -2.21.